The maximum atomic E-state index is 15.7. The number of methoxy groups -OCH3 is 2. The molecule has 0 aromatic heterocycles. The predicted molar refractivity (Wildman–Crippen MR) is 223 cm³/mol. The number of fused-ring (bicyclic) bond motifs is 2. The topological polar surface area (TPSA) is 135 Å². The van der Waals surface area contributed by atoms with Crippen molar-refractivity contribution in [1.29, 1.82) is 0 Å². The second-order valence-electron chi connectivity index (χ2n) is 16.3. The first-order valence-corrected chi connectivity index (χ1v) is 22.1. The number of allylic oxidation sites excluding steroid dienone is 5. The highest BCUT2D eigenvalue weighted by Gasteiger charge is 2.65. The molecule has 318 valence electrons. The van der Waals surface area contributed by atoms with Crippen LogP contribution in [0.3, 0.4) is 0 Å². The molecule has 4 aliphatic rings. The zero-order valence-corrected chi connectivity index (χ0v) is 36.1. The number of carbonyl (C=O) groups excluding carboxylic acids is 5. The van der Waals surface area contributed by atoms with E-state index in [-0.39, 0.29) is 30.7 Å². The molecule has 0 spiro atoms. The molecule has 5 rings (SSSR count). The predicted octanol–water partition coefficient (Wildman–Crippen LogP) is 8.20. The fraction of sp³-hybridized carbons (Fsp3) is 0.630. The van der Waals surface area contributed by atoms with Gasteiger partial charge in [0, 0.05) is 11.2 Å². The number of thioether (sulfide) groups is 1. The van der Waals surface area contributed by atoms with Crippen LogP contribution < -0.4 is 0 Å². The molecule has 1 saturated carbocycles. The third-order valence-corrected chi connectivity index (χ3v) is 13.5. The second kappa shape index (κ2) is 20.5. The van der Waals surface area contributed by atoms with Gasteiger partial charge in [0.25, 0.3) is 0 Å². The molecule has 2 bridgehead atoms. The van der Waals surface area contributed by atoms with Gasteiger partial charge in [0.05, 0.1) is 38.4 Å². The van der Waals surface area contributed by atoms with E-state index in [9.17, 15) is 14.4 Å². The fourth-order valence-corrected chi connectivity index (χ4v) is 11.0. The minimum absolute atomic E-state index is 0.0510. The number of carbonyl (C=O) groups is 5. The van der Waals surface area contributed by atoms with E-state index in [1.54, 1.807) is 0 Å². The van der Waals surface area contributed by atoms with E-state index in [1.807, 2.05) is 83.2 Å². The van der Waals surface area contributed by atoms with Crippen molar-refractivity contribution in [3.63, 3.8) is 0 Å². The van der Waals surface area contributed by atoms with Gasteiger partial charge in [-0.1, -0.05) is 80.5 Å². The third kappa shape index (κ3) is 9.82. The summed E-state index contributed by atoms with van der Waals surface area (Å²) in [5.41, 5.74) is -0.784. The number of rotatable bonds is 18. The van der Waals surface area contributed by atoms with E-state index in [4.69, 9.17) is 23.7 Å². The van der Waals surface area contributed by atoms with Crippen LogP contribution in [0.1, 0.15) is 98.0 Å². The van der Waals surface area contributed by atoms with Crippen molar-refractivity contribution in [2.24, 2.45) is 29.1 Å². The smallest absolute Gasteiger partial charge is 0.417 e. The maximum absolute atomic E-state index is 15.7. The maximum Gasteiger partial charge on any atom is 0.417 e. The van der Waals surface area contributed by atoms with Crippen LogP contribution in [0.25, 0.3) is 0 Å². The zero-order valence-electron chi connectivity index (χ0n) is 35.3. The summed E-state index contributed by atoms with van der Waals surface area (Å²) in [5, 5.41) is -0.660. The van der Waals surface area contributed by atoms with Gasteiger partial charge < -0.3 is 23.7 Å². The third-order valence-electron chi connectivity index (χ3n) is 12.2. The minimum atomic E-state index is -2.11. The molecular weight excluding hydrogens is 759 g/mol. The first kappa shape index (κ1) is 45.3. The number of unbranched alkanes of at least 4 members (excludes halogenated alkanes) is 3. The van der Waals surface area contributed by atoms with Crippen LogP contribution in [0.5, 0.6) is 0 Å². The van der Waals surface area contributed by atoms with E-state index in [1.165, 1.54) is 26.0 Å². The van der Waals surface area contributed by atoms with Gasteiger partial charge in [-0.25, -0.2) is 9.69 Å². The number of esters is 2. The molecule has 12 heteroatoms. The van der Waals surface area contributed by atoms with Gasteiger partial charge in [-0.2, -0.15) is 11.8 Å². The summed E-state index contributed by atoms with van der Waals surface area (Å²) >= 11 is 1.48. The van der Waals surface area contributed by atoms with Gasteiger partial charge in [-0.15, -0.1) is 0 Å². The normalized spacial score (nSPS) is 29.0. The van der Waals surface area contributed by atoms with Crippen LogP contribution in [0.15, 0.2) is 66.3 Å². The van der Waals surface area contributed by atoms with E-state index < -0.39 is 70.5 Å². The number of hydrogen-bond acceptors (Lipinski definition) is 11. The van der Waals surface area contributed by atoms with Crippen molar-refractivity contribution in [3.05, 3.63) is 71.8 Å². The molecule has 0 unspecified atom stereocenters. The average Bonchev–Trinajstić information content (AvgIpc) is 3.70. The van der Waals surface area contributed by atoms with Crippen molar-refractivity contribution in [2.45, 2.75) is 128 Å². The number of cyclic esters (lactones) is 1. The van der Waals surface area contributed by atoms with Crippen molar-refractivity contribution in [3.8, 4) is 0 Å². The highest BCUT2D eigenvalue weighted by molar-refractivity contribution is 8.00. The quantitative estimate of drug-likeness (QED) is 0.0466. The molecule has 1 aromatic carbocycles. The van der Waals surface area contributed by atoms with Crippen LogP contribution in [0, 0.1) is 29.1 Å². The standard InChI is InChI=1S/C46H63NO10S/c1-8-11-13-14-15-20-23-31-26-35-40(58-10-3)38(33(31)27-37-36(24-17-12-9-2)56-45(4,5)57-37)39(48)34(28-46(35,42(50)53-6)43(51)54-7)41(49)47-32(29-55-44(47)52)25-30-21-18-16-19-22-30/h8-9,11-12,16,18-19,21-22,26,31-34,36-38,40H,10,13-15,17,20,23-25,27-29H2,1-7H3/b11-8+,12-9+/t31-,32-,33+,34-,36-,37-,38+,40+/m0/s1. The highest BCUT2D eigenvalue weighted by atomic mass is 32.2. The van der Waals surface area contributed by atoms with Gasteiger partial charge in [0.2, 0.25) is 5.91 Å². The lowest BCUT2D eigenvalue weighted by Gasteiger charge is -2.44. The Morgan fingerprint density at radius 2 is 1.59 bits per heavy atom. The van der Waals surface area contributed by atoms with Gasteiger partial charge in [0.15, 0.2) is 11.2 Å². The van der Waals surface area contributed by atoms with Crippen molar-refractivity contribution in [1.82, 2.24) is 4.90 Å². The number of ether oxygens (including phenoxy) is 5. The molecule has 2 heterocycles. The van der Waals surface area contributed by atoms with Gasteiger partial charge in [-0.05, 0) is 108 Å². The summed E-state index contributed by atoms with van der Waals surface area (Å²) in [6.45, 7) is 9.71. The molecule has 8 atom stereocenters. The Balaban J connectivity index is 1.66. The monoisotopic (exact) mass is 821 g/mol. The molecule has 58 heavy (non-hydrogen) atoms. The Kier molecular flexibility index (Phi) is 16.0. The van der Waals surface area contributed by atoms with Gasteiger partial charge in [0.1, 0.15) is 12.4 Å². The van der Waals surface area contributed by atoms with Crippen molar-refractivity contribution < 1.29 is 47.7 Å². The van der Waals surface area contributed by atoms with E-state index in [2.05, 4.69) is 12.2 Å². The summed E-state index contributed by atoms with van der Waals surface area (Å²) in [5.74, 6) is -6.23. The van der Waals surface area contributed by atoms with E-state index >= 15 is 9.59 Å². The molecule has 0 N–H and O–H groups in total. The number of imide groups is 1. The number of ketones is 1. The van der Waals surface area contributed by atoms with Crippen LogP contribution in [0.4, 0.5) is 4.79 Å². The number of nitrogens with zero attached hydrogens (tertiary/aromatic N) is 1. The molecule has 2 saturated heterocycles. The second-order valence-corrected chi connectivity index (χ2v) is 17.7. The Bertz CT molecular complexity index is 1690. The van der Waals surface area contributed by atoms with Gasteiger partial charge in [-0.3, -0.25) is 19.2 Å². The van der Waals surface area contributed by atoms with E-state index in [0.29, 0.717) is 30.6 Å². The molecular formula is C46H63NO10S. The SMILES string of the molecule is C/C=C/CCCCC[C@H]1C=C2[C@@H](SCC)[C@@H](C(=O)[C@@H](C(=O)N3C(=O)OC[C@@H]3Cc3ccccc3)CC2(C(=O)OC)C(=O)OC)[C@@H]1C[C@@H]1OC(C)(C)O[C@H]1CC/C=C/C. The van der Waals surface area contributed by atoms with Crippen LogP contribution in [-0.2, 0) is 49.3 Å². The summed E-state index contributed by atoms with van der Waals surface area (Å²) < 4.78 is 29.4. The summed E-state index contributed by atoms with van der Waals surface area (Å²) in [7, 11) is 2.40. The zero-order chi connectivity index (χ0) is 42.0. The highest BCUT2D eigenvalue weighted by Crippen LogP contribution is 2.57. The lowest BCUT2D eigenvalue weighted by atomic mass is 9.64. The van der Waals surface area contributed by atoms with Crippen LogP contribution in [0.2, 0.25) is 0 Å². The van der Waals surface area contributed by atoms with Gasteiger partial charge >= 0.3 is 18.0 Å². The molecule has 11 nitrogen and oxygen atoms in total. The molecule has 1 aromatic rings. The lowest BCUT2D eigenvalue weighted by Crippen LogP contribution is -2.50. The number of Topliss-reactive ketones (excluding diaryl/α,β-unsaturated/α-hetero) is 1. The Hall–Kier alpha value is -3.74. The molecule has 3 fully saturated rings. The summed E-state index contributed by atoms with van der Waals surface area (Å²) in [6.07, 6.45) is 15.1. The average molecular weight is 822 g/mol. The molecule has 2 amide bonds. The largest absolute Gasteiger partial charge is 0.468 e. The Morgan fingerprint density at radius 3 is 2.24 bits per heavy atom. The summed E-state index contributed by atoms with van der Waals surface area (Å²) in [6, 6.07) is 8.73. The lowest BCUT2D eigenvalue weighted by molar-refractivity contribution is -0.167. The van der Waals surface area contributed by atoms with Crippen LogP contribution >= 0.6 is 11.8 Å². The minimum Gasteiger partial charge on any atom is -0.468 e. The number of hydrogen-bond donors (Lipinski definition) is 0. The Morgan fingerprint density at radius 1 is 0.914 bits per heavy atom. The number of benzene rings is 1. The molecule has 0 radical (unpaired) electrons. The van der Waals surface area contributed by atoms with E-state index in [0.717, 1.165) is 49.0 Å². The number of amides is 2. The van der Waals surface area contributed by atoms with Crippen LogP contribution in [-0.4, -0.2) is 90.5 Å². The van der Waals surface area contributed by atoms with Crippen molar-refractivity contribution in [2.75, 3.05) is 26.6 Å². The fourth-order valence-electron chi connectivity index (χ4n) is 9.64. The Labute approximate surface area is 348 Å². The molecule has 2 aliphatic carbocycles. The summed E-state index contributed by atoms with van der Waals surface area (Å²) in [4.78, 5) is 74.0. The first-order valence-electron chi connectivity index (χ1n) is 21.0. The first-order chi connectivity index (χ1) is 27.9. The molecule has 2 aliphatic heterocycles. The van der Waals surface area contributed by atoms with Crippen molar-refractivity contribution >= 4 is 41.5 Å².